The summed E-state index contributed by atoms with van der Waals surface area (Å²) in [5, 5.41) is 3.62. The highest BCUT2D eigenvalue weighted by Crippen LogP contribution is 2.26. The van der Waals surface area contributed by atoms with Crippen LogP contribution in [0, 0.1) is 0 Å². The zero-order valence-electron chi connectivity index (χ0n) is 10.9. The normalized spacial score (nSPS) is 25.1. The van der Waals surface area contributed by atoms with E-state index in [0.717, 1.165) is 32.8 Å². The zero-order chi connectivity index (χ0) is 12.2. The molecule has 1 atom stereocenters. The third-order valence-electron chi connectivity index (χ3n) is 3.96. The first kappa shape index (κ1) is 12.0. The fraction of sp³-hybridized carbons (Fsp3) is 0.600. The van der Waals surface area contributed by atoms with Crippen LogP contribution in [0.1, 0.15) is 30.9 Å². The molecule has 1 unspecified atom stereocenters. The molecule has 0 amide bonds. The highest BCUT2D eigenvalue weighted by Gasteiger charge is 2.16. The smallest absolute Gasteiger partial charge is 0.0642 e. The van der Waals surface area contributed by atoms with Crippen LogP contribution in [0.3, 0.4) is 0 Å². The first-order valence-electron chi connectivity index (χ1n) is 7.09. The summed E-state index contributed by atoms with van der Waals surface area (Å²) in [5.41, 5.74) is 2.79. The van der Waals surface area contributed by atoms with Gasteiger partial charge >= 0.3 is 0 Å². The van der Waals surface area contributed by atoms with Gasteiger partial charge in [-0.2, -0.15) is 0 Å². The summed E-state index contributed by atoms with van der Waals surface area (Å²) in [6.07, 6.45) is 3.94. The summed E-state index contributed by atoms with van der Waals surface area (Å²) >= 11 is 0. The molecule has 2 saturated heterocycles. The minimum absolute atomic E-state index is 0.555. The number of nitrogens with zero attached hydrogens (tertiary/aromatic N) is 1. The van der Waals surface area contributed by atoms with Gasteiger partial charge in [0.15, 0.2) is 0 Å². The number of benzene rings is 1. The van der Waals surface area contributed by atoms with Gasteiger partial charge < -0.3 is 15.0 Å². The van der Waals surface area contributed by atoms with Crippen LogP contribution in [0.5, 0.6) is 0 Å². The van der Waals surface area contributed by atoms with Gasteiger partial charge in [-0.3, -0.25) is 0 Å². The van der Waals surface area contributed by atoms with Crippen LogP contribution >= 0.6 is 0 Å². The van der Waals surface area contributed by atoms with E-state index < -0.39 is 0 Å². The van der Waals surface area contributed by atoms with Crippen molar-refractivity contribution in [2.24, 2.45) is 0 Å². The van der Waals surface area contributed by atoms with Crippen LogP contribution in [0.15, 0.2) is 24.3 Å². The molecule has 0 aliphatic carbocycles. The molecule has 2 heterocycles. The summed E-state index contributed by atoms with van der Waals surface area (Å²) in [5.74, 6) is 0. The summed E-state index contributed by atoms with van der Waals surface area (Å²) < 4.78 is 5.41. The summed E-state index contributed by atoms with van der Waals surface area (Å²) in [4.78, 5) is 2.43. The average molecular weight is 246 g/mol. The van der Waals surface area contributed by atoms with Crippen molar-refractivity contribution in [2.75, 3.05) is 37.7 Å². The van der Waals surface area contributed by atoms with Crippen molar-refractivity contribution in [2.45, 2.75) is 25.3 Å². The van der Waals surface area contributed by atoms with Crippen LogP contribution in [-0.4, -0.2) is 32.8 Å². The van der Waals surface area contributed by atoms with Crippen molar-refractivity contribution in [3.8, 4) is 0 Å². The van der Waals surface area contributed by atoms with Crippen LogP contribution < -0.4 is 10.2 Å². The van der Waals surface area contributed by atoms with Crippen molar-refractivity contribution in [1.29, 1.82) is 0 Å². The number of piperidine rings is 1. The molecule has 1 N–H and O–H groups in total. The molecule has 98 valence electrons. The fourth-order valence-electron chi connectivity index (χ4n) is 2.90. The van der Waals surface area contributed by atoms with Crippen LogP contribution in [0.4, 0.5) is 5.69 Å². The maximum absolute atomic E-state index is 5.41. The number of rotatable bonds is 2. The lowest BCUT2D eigenvalue weighted by atomic mass is 9.97. The van der Waals surface area contributed by atoms with Crippen LogP contribution in [-0.2, 0) is 4.74 Å². The van der Waals surface area contributed by atoms with E-state index in [1.54, 1.807) is 0 Å². The first-order valence-corrected chi connectivity index (χ1v) is 7.09. The third-order valence-corrected chi connectivity index (χ3v) is 3.96. The van der Waals surface area contributed by atoms with E-state index in [1.165, 1.54) is 30.5 Å². The summed E-state index contributed by atoms with van der Waals surface area (Å²) in [6.45, 7) is 4.90. The Balaban J connectivity index is 1.75. The molecule has 3 rings (SSSR count). The highest BCUT2D eigenvalue weighted by molar-refractivity contribution is 5.49. The molecular formula is C15H22N2O. The Morgan fingerprint density at radius 2 is 2.06 bits per heavy atom. The van der Waals surface area contributed by atoms with Crippen molar-refractivity contribution in [3.05, 3.63) is 29.8 Å². The lowest BCUT2D eigenvalue weighted by molar-refractivity contribution is 0.122. The van der Waals surface area contributed by atoms with Gasteiger partial charge in [0.05, 0.1) is 13.2 Å². The van der Waals surface area contributed by atoms with E-state index in [1.807, 2.05) is 0 Å². The minimum atomic E-state index is 0.555. The molecular weight excluding hydrogens is 224 g/mol. The largest absolute Gasteiger partial charge is 0.378 e. The SMILES string of the molecule is c1cc(C2CCCCN2)cc(N2CCOCC2)c1. The molecule has 1 aromatic carbocycles. The Hall–Kier alpha value is -1.06. The molecule has 3 heteroatoms. The monoisotopic (exact) mass is 246 g/mol. The van der Waals surface area contributed by atoms with Gasteiger partial charge in [-0.15, -0.1) is 0 Å². The van der Waals surface area contributed by atoms with E-state index in [4.69, 9.17) is 4.74 Å². The van der Waals surface area contributed by atoms with Gasteiger partial charge in [-0.25, -0.2) is 0 Å². The molecule has 0 aromatic heterocycles. The fourth-order valence-corrected chi connectivity index (χ4v) is 2.90. The van der Waals surface area contributed by atoms with Crippen molar-refractivity contribution >= 4 is 5.69 Å². The molecule has 0 spiro atoms. The molecule has 0 bridgehead atoms. The first-order chi connectivity index (χ1) is 8.93. The van der Waals surface area contributed by atoms with E-state index >= 15 is 0 Å². The number of ether oxygens (including phenoxy) is 1. The lowest BCUT2D eigenvalue weighted by Gasteiger charge is -2.30. The van der Waals surface area contributed by atoms with Crippen molar-refractivity contribution < 1.29 is 4.74 Å². The Kier molecular flexibility index (Phi) is 3.81. The van der Waals surface area contributed by atoms with E-state index in [-0.39, 0.29) is 0 Å². The molecule has 2 fully saturated rings. The maximum Gasteiger partial charge on any atom is 0.0642 e. The topological polar surface area (TPSA) is 24.5 Å². The van der Waals surface area contributed by atoms with Gasteiger partial charge in [0.25, 0.3) is 0 Å². The van der Waals surface area contributed by atoms with E-state index in [9.17, 15) is 0 Å². The number of hydrogen-bond donors (Lipinski definition) is 1. The van der Waals surface area contributed by atoms with Crippen molar-refractivity contribution in [1.82, 2.24) is 5.32 Å². The second kappa shape index (κ2) is 5.72. The third kappa shape index (κ3) is 2.68. The minimum Gasteiger partial charge on any atom is -0.378 e. The van der Waals surface area contributed by atoms with Crippen LogP contribution in [0.25, 0.3) is 0 Å². The number of hydrogen-bond acceptors (Lipinski definition) is 3. The Morgan fingerprint density at radius 1 is 1.17 bits per heavy atom. The van der Waals surface area contributed by atoms with Gasteiger partial charge in [0.1, 0.15) is 0 Å². The second-order valence-electron chi connectivity index (χ2n) is 5.20. The molecule has 2 aliphatic rings. The molecule has 18 heavy (non-hydrogen) atoms. The molecule has 2 aliphatic heterocycles. The van der Waals surface area contributed by atoms with E-state index in [0.29, 0.717) is 6.04 Å². The van der Waals surface area contributed by atoms with Crippen molar-refractivity contribution in [3.63, 3.8) is 0 Å². The summed E-state index contributed by atoms with van der Waals surface area (Å²) in [6, 6.07) is 9.58. The number of nitrogens with one attached hydrogen (secondary N) is 1. The quantitative estimate of drug-likeness (QED) is 0.867. The van der Waals surface area contributed by atoms with Gasteiger partial charge in [-0.05, 0) is 37.1 Å². The Bertz CT molecular complexity index is 349. The standard InChI is InChI=1S/C15H22N2O/c1-2-7-16-15(6-1)13-4-3-5-14(12-13)17-8-10-18-11-9-17/h3-5,12,15-16H,1-2,6-11H2. The predicted octanol–water partition coefficient (Wildman–Crippen LogP) is 2.34. The molecule has 0 saturated carbocycles. The number of morpholine rings is 1. The van der Waals surface area contributed by atoms with Gasteiger partial charge in [-0.1, -0.05) is 18.6 Å². The van der Waals surface area contributed by atoms with Gasteiger partial charge in [0, 0.05) is 24.8 Å². The lowest BCUT2D eigenvalue weighted by Crippen LogP contribution is -2.36. The predicted molar refractivity (Wildman–Crippen MR) is 74.1 cm³/mol. The maximum atomic E-state index is 5.41. The Morgan fingerprint density at radius 3 is 2.83 bits per heavy atom. The molecule has 0 radical (unpaired) electrons. The molecule has 3 nitrogen and oxygen atoms in total. The van der Waals surface area contributed by atoms with Gasteiger partial charge in [0.2, 0.25) is 0 Å². The zero-order valence-corrected chi connectivity index (χ0v) is 10.9. The Labute approximate surface area is 109 Å². The second-order valence-corrected chi connectivity index (χ2v) is 5.20. The van der Waals surface area contributed by atoms with E-state index in [2.05, 4.69) is 34.5 Å². The van der Waals surface area contributed by atoms with Crippen LogP contribution in [0.2, 0.25) is 0 Å². The summed E-state index contributed by atoms with van der Waals surface area (Å²) in [7, 11) is 0. The highest BCUT2D eigenvalue weighted by atomic mass is 16.5. The average Bonchev–Trinajstić information content (AvgIpc) is 2.49. The number of anilines is 1. The molecule has 1 aromatic rings.